The van der Waals surface area contributed by atoms with Crippen LogP contribution < -0.4 is 0 Å². The molecule has 0 radical (unpaired) electrons. The van der Waals surface area contributed by atoms with Crippen molar-refractivity contribution in [1.29, 1.82) is 0 Å². The van der Waals surface area contributed by atoms with E-state index in [9.17, 15) is 4.39 Å². The maximum Gasteiger partial charge on any atom is 0.137 e. The molecular weight excluding hydrogens is 349 g/mol. The highest BCUT2D eigenvalue weighted by molar-refractivity contribution is 9.10. The fourth-order valence-electron chi connectivity index (χ4n) is 2.36. The van der Waals surface area contributed by atoms with Crippen LogP contribution in [0, 0.1) is 11.7 Å². The molecule has 1 aliphatic rings. The number of benzene rings is 1. The lowest BCUT2D eigenvalue weighted by atomic mass is 10.1. The Balaban J connectivity index is 1.96. The van der Waals surface area contributed by atoms with Gasteiger partial charge in [-0.3, -0.25) is 4.90 Å². The molecule has 0 saturated carbocycles. The van der Waals surface area contributed by atoms with E-state index in [1.807, 2.05) is 6.07 Å². The summed E-state index contributed by atoms with van der Waals surface area (Å²) in [6, 6.07) is 5.26. The Bertz CT molecular complexity index is 384. The SMILES string of the molecule is Fc1cccc(CN2CCC(CCBr)C2)c1Br. The highest BCUT2D eigenvalue weighted by atomic mass is 79.9. The summed E-state index contributed by atoms with van der Waals surface area (Å²) in [5.74, 6) is 0.625. The van der Waals surface area contributed by atoms with E-state index in [0.29, 0.717) is 4.47 Å². The minimum absolute atomic E-state index is 0.168. The number of nitrogens with zero attached hydrogens (tertiary/aromatic N) is 1. The molecule has 0 N–H and O–H groups in total. The smallest absolute Gasteiger partial charge is 0.137 e. The highest BCUT2D eigenvalue weighted by Crippen LogP contribution is 2.26. The van der Waals surface area contributed by atoms with Gasteiger partial charge in [-0.1, -0.05) is 28.1 Å². The molecule has 1 unspecified atom stereocenters. The predicted octanol–water partition coefficient (Wildman–Crippen LogP) is 4.20. The zero-order chi connectivity index (χ0) is 12.3. The summed E-state index contributed by atoms with van der Waals surface area (Å²) in [6.07, 6.45) is 2.50. The molecule has 1 nitrogen and oxygen atoms in total. The van der Waals surface area contributed by atoms with Gasteiger partial charge in [0.25, 0.3) is 0 Å². The molecular formula is C13H16Br2FN. The minimum Gasteiger partial charge on any atom is -0.299 e. The third-order valence-corrected chi connectivity index (χ3v) is 4.66. The monoisotopic (exact) mass is 363 g/mol. The van der Waals surface area contributed by atoms with Gasteiger partial charge in [0.2, 0.25) is 0 Å². The first-order chi connectivity index (χ1) is 8.20. The number of rotatable bonds is 4. The van der Waals surface area contributed by atoms with E-state index in [2.05, 4.69) is 36.8 Å². The molecule has 4 heteroatoms. The summed E-state index contributed by atoms with van der Waals surface area (Å²) in [5.41, 5.74) is 1.05. The van der Waals surface area contributed by atoms with Crippen molar-refractivity contribution in [2.45, 2.75) is 19.4 Å². The topological polar surface area (TPSA) is 3.24 Å². The summed E-state index contributed by atoms with van der Waals surface area (Å²) in [6.45, 7) is 3.10. The van der Waals surface area contributed by atoms with Crippen molar-refractivity contribution in [2.75, 3.05) is 18.4 Å². The first-order valence-electron chi connectivity index (χ1n) is 5.92. The van der Waals surface area contributed by atoms with Gasteiger partial charge in [-0.05, 0) is 52.9 Å². The molecule has 94 valence electrons. The lowest BCUT2D eigenvalue weighted by molar-refractivity contribution is 0.314. The Morgan fingerprint density at radius 3 is 3.00 bits per heavy atom. The highest BCUT2D eigenvalue weighted by Gasteiger charge is 2.22. The second-order valence-corrected chi connectivity index (χ2v) is 6.17. The fourth-order valence-corrected chi connectivity index (χ4v) is 3.40. The average Bonchev–Trinajstić information content (AvgIpc) is 2.73. The predicted molar refractivity (Wildman–Crippen MR) is 75.9 cm³/mol. The number of hydrogen-bond donors (Lipinski definition) is 0. The van der Waals surface area contributed by atoms with Crippen molar-refractivity contribution < 1.29 is 4.39 Å². The van der Waals surface area contributed by atoms with Crippen molar-refractivity contribution >= 4 is 31.9 Å². The van der Waals surface area contributed by atoms with E-state index in [1.54, 1.807) is 6.07 Å². The summed E-state index contributed by atoms with van der Waals surface area (Å²) in [4.78, 5) is 2.41. The summed E-state index contributed by atoms with van der Waals surface area (Å²) < 4.78 is 14.0. The Morgan fingerprint density at radius 1 is 1.41 bits per heavy atom. The number of alkyl halides is 1. The molecule has 0 bridgehead atoms. The van der Waals surface area contributed by atoms with Crippen LogP contribution >= 0.6 is 31.9 Å². The first-order valence-corrected chi connectivity index (χ1v) is 7.83. The Labute approximate surface area is 119 Å². The van der Waals surface area contributed by atoms with Gasteiger partial charge in [0, 0.05) is 18.4 Å². The molecule has 1 aliphatic heterocycles. The van der Waals surface area contributed by atoms with Gasteiger partial charge in [0.15, 0.2) is 0 Å². The normalized spacial score (nSPS) is 21.0. The molecule has 1 atom stereocenters. The van der Waals surface area contributed by atoms with Gasteiger partial charge >= 0.3 is 0 Å². The minimum atomic E-state index is -0.168. The van der Waals surface area contributed by atoms with Gasteiger partial charge in [-0.2, -0.15) is 0 Å². The molecule has 0 aromatic heterocycles. The van der Waals surface area contributed by atoms with Crippen LogP contribution in [0.3, 0.4) is 0 Å². The van der Waals surface area contributed by atoms with E-state index in [1.165, 1.54) is 18.9 Å². The van der Waals surface area contributed by atoms with Crippen molar-refractivity contribution in [1.82, 2.24) is 4.90 Å². The van der Waals surface area contributed by atoms with Crippen LogP contribution in [0.1, 0.15) is 18.4 Å². The van der Waals surface area contributed by atoms with Gasteiger partial charge in [-0.25, -0.2) is 4.39 Å². The largest absolute Gasteiger partial charge is 0.299 e. The van der Waals surface area contributed by atoms with Crippen LogP contribution in [0.15, 0.2) is 22.7 Å². The van der Waals surface area contributed by atoms with Crippen molar-refractivity contribution in [2.24, 2.45) is 5.92 Å². The van der Waals surface area contributed by atoms with Crippen molar-refractivity contribution in [3.63, 3.8) is 0 Å². The van der Waals surface area contributed by atoms with Crippen LogP contribution in [0.4, 0.5) is 4.39 Å². The number of halogens is 3. The first kappa shape index (κ1) is 13.5. The summed E-state index contributed by atoms with van der Waals surface area (Å²) in [7, 11) is 0. The standard InChI is InChI=1S/C13H16Br2FN/c14-6-4-10-5-7-17(8-10)9-11-2-1-3-12(16)13(11)15/h1-3,10H,4-9H2. The fraction of sp³-hybridized carbons (Fsp3) is 0.538. The zero-order valence-corrected chi connectivity index (χ0v) is 12.8. The van der Waals surface area contributed by atoms with Gasteiger partial charge in [0.05, 0.1) is 4.47 Å². The Hall–Kier alpha value is 0.0700. The molecule has 2 rings (SSSR count). The van der Waals surface area contributed by atoms with E-state index in [-0.39, 0.29) is 5.82 Å². The van der Waals surface area contributed by atoms with E-state index in [0.717, 1.165) is 36.4 Å². The van der Waals surface area contributed by atoms with Crippen molar-refractivity contribution in [3.8, 4) is 0 Å². The van der Waals surface area contributed by atoms with Gasteiger partial charge in [0.1, 0.15) is 5.82 Å². The molecule has 0 spiro atoms. The van der Waals surface area contributed by atoms with Crippen LogP contribution in [0.25, 0.3) is 0 Å². The molecule has 1 heterocycles. The summed E-state index contributed by atoms with van der Waals surface area (Å²) in [5, 5.41) is 1.08. The number of likely N-dealkylation sites (tertiary alicyclic amines) is 1. The third kappa shape index (κ3) is 3.52. The lowest BCUT2D eigenvalue weighted by Gasteiger charge is -2.17. The zero-order valence-electron chi connectivity index (χ0n) is 9.63. The quantitative estimate of drug-likeness (QED) is 0.724. The maximum atomic E-state index is 13.4. The van der Waals surface area contributed by atoms with Crippen LogP contribution in [0.2, 0.25) is 0 Å². The number of hydrogen-bond acceptors (Lipinski definition) is 1. The van der Waals surface area contributed by atoms with Gasteiger partial charge < -0.3 is 0 Å². The maximum absolute atomic E-state index is 13.4. The van der Waals surface area contributed by atoms with Gasteiger partial charge in [-0.15, -0.1) is 0 Å². The Kier molecular flexibility index (Phi) is 5.00. The Morgan fingerprint density at radius 2 is 2.24 bits per heavy atom. The second-order valence-electron chi connectivity index (χ2n) is 4.58. The second kappa shape index (κ2) is 6.30. The molecule has 0 aliphatic carbocycles. The van der Waals surface area contributed by atoms with E-state index >= 15 is 0 Å². The lowest BCUT2D eigenvalue weighted by Crippen LogP contribution is -2.20. The molecule has 1 fully saturated rings. The third-order valence-electron chi connectivity index (χ3n) is 3.31. The van der Waals surface area contributed by atoms with Crippen molar-refractivity contribution in [3.05, 3.63) is 34.1 Å². The van der Waals surface area contributed by atoms with Crippen LogP contribution in [0.5, 0.6) is 0 Å². The average molecular weight is 365 g/mol. The van der Waals surface area contributed by atoms with Crippen LogP contribution in [-0.2, 0) is 6.54 Å². The molecule has 1 aromatic carbocycles. The molecule has 0 amide bonds. The molecule has 1 aromatic rings. The van der Waals surface area contributed by atoms with E-state index in [4.69, 9.17) is 0 Å². The summed E-state index contributed by atoms with van der Waals surface area (Å²) >= 11 is 6.82. The molecule has 1 saturated heterocycles. The van der Waals surface area contributed by atoms with E-state index < -0.39 is 0 Å². The molecule has 17 heavy (non-hydrogen) atoms. The van der Waals surface area contributed by atoms with Crippen LogP contribution in [-0.4, -0.2) is 23.3 Å².